The largest absolute Gasteiger partial charge is 0.482 e. The number of benzene rings is 2. The summed E-state index contributed by atoms with van der Waals surface area (Å²) >= 11 is 0. The minimum atomic E-state index is -1.68. The van der Waals surface area contributed by atoms with Gasteiger partial charge in [-0.05, 0) is 24.3 Å². The van der Waals surface area contributed by atoms with Gasteiger partial charge in [0.05, 0.1) is 11.2 Å². The van der Waals surface area contributed by atoms with Gasteiger partial charge in [0.1, 0.15) is 5.75 Å². The van der Waals surface area contributed by atoms with Gasteiger partial charge in [-0.3, -0.25) is 9.59 Å². The number of amides is 1. The molecule has 5 nitrogen and oxygen atoms in total. The lowest BCUT2D eigenvalue weighted by molar-refractivity contribution is -0.118. The van der Waals surface area contributed by atoms with Crippen LogP contribution >= 0.6 is 0 Å². The maximum absolute atomic E-state index is 13.5. The van der Waals surface area contributed by atoms with Gasteiger partial charge in [-0.15, -0.1) is 0 Å². The molecule has 0 aliphatic heterocycles. The molecule has 3 aromatic rings. The van der Waals surface area contributed by atoms with Crippen LogP contribution in [0.4, 0.5) is 18.9 Å². The quantitative estimate of drug-likeness (QED) is 0.712. The van der Waals surface area contributed by atoms with Crippen LogP contribution in [-0.2, 0) is 4.79 Å². The number of para-hydroxylation sites is 1. The summed E-state index contributed by atoms with van der Waals surface area (Å²) in [5.41, 5.74) is -0.433. The fraction of sp³-hybridized carbons (Fsp3) is 0.0588. The van der Waals surface area contributed by atoms with Crippen molar-refractivity contribution in [2.45, 2.75) is 0 Å². The normalized spacial score (nSPS) is 10.7. The summed E-state index contributed by atoms with van der Waals surface area (Å²) in [6, 6.07) is 9.51. The molecule has 0 radical (unpaired) electrons. The Morgan fingerprint density at radius 1 is 1.04 bits per heavy atom. The molecule has 2 aromatic carbocycles. The lowest BCUT2D eigenvalue weighted by Crippen LogP contribution is -2.21. The van der Waals surface area contributed by atoms with Gasteiger partial charge in [0.15, 0.2) is 24.1 Å². The average Bonchev–Trinajstić information content (AvgIpc) is 2.60. The van der Waals surface area contributed by atoms with Crippen molar-refractivity contribution in [1.82, 2.24) is 4.98 Å². The Hall–Kier alpha value is -3.29. The van der Waals surface area contributed by atoms with Crippen LogP contribution < -0.4 is 15.6 Å². The maximum Gasteiger partial charge on any atom is 0.262 e. The second kappa shape index (κ2) is 6.68. The van der Waals surface area contributed by atoms with Crippen molar-refractivity contribution in [3.8, 4) is 5.75 Å². The zero-order chi connectivity index (χ0) is 18.0. The van der Waals surface area contributed by atoms with Crippen LogP contribution in [0.1, 0.15) is 0 Å². The molecule has 0 fully saturated rings. The molecule has 25 heavy (non-hydrogen) atoms. The Bertz CT molecular complexity index is 1020. The Labute approximate surface area is 139 Å². The number of carbonyl (C=O) groups is 1. The van der Waals surface area contributed by atoms with Crippen molar-refractivity contribution in [3.63, 3.8) is 0 Å². The highest BCUT2D eigenvalue weighted by Crippen LogP contribution is 2.22. The smallest absolute Gasteiger partial charge is 0.262 e. The number of aromatic amines is 1. The number of carbonyl (C=O) groups excluding carboxylic acids is 1. The number of hydrogen-bond donors (Lipinski definition) is 2. The molecule has 1 amide bonds. The van der Waals surface area contributed by atoms with Crippen molar-refractivity contribution in [1.29, 1.82) is 0 Å². The van der Waals surface area contributed by atoms with Gasteiger partial charge in [0, 0.05) is 11.5 Å². The Morgan fingerprint density at radius 3 is 2.64 bits per heavy atom. The van der Waals surface area contributed by atoms with E-state index in [0.717, 1.165) is 6.07 Å². The first-order valence-corrected chi connectivity index (χ1v) is 7.14. The summed E-state index contributed by atoms with van der Waals surface area (Å²) in [5, 5.41) is 2.79. The molecular weight excluding hydrogens is 337 g/mol. The van der Waals surface area contributed by atoms with Gasteiger partial charge in [0.25, 0.3) is 5.91 Å². The number of pyridine rings is 1. The number of halogens is 3. The predicted molar refractivity (Wildman–Crippen MR) is 85.0 cm³/mol. The Kier molecular flexibility index (Phi) is 4.42. The van der Waals surface area contributed by atoms with Crippen LogP contribution in [-0.4, -0.2) is 17.5 Å². The maximum atomic E-state index is 13.5. The van der Waals surface area contributed by atoms with E-state index in [1.54, 1.807) is 24.3 Å². The molecule has 128 valence electrons. The molecule has 3 rings (SSSR count). The van der Waals surface area contributed by atoms with E-state index in [2.05, 4.69) is 10.3 Å². The van der Waals surface area contributed by atoms with Gasteiger partial charge < -0.3 is 15.0 Å². The molecule has 2 N–H and O–H groups in total. The topological polar surface area (TPSA) is 71.2 Å². The van der Waals surface area contributed by atoms with E-state index in [9.17, 15) is 22.8 Å². The van der Waals surface area contributed by atoms with Crippen LogP contribution in [0.25, 0.3) is 10.9 Å². The highest BCUT2D eigenvalue weighted by atomic mass is 19.2. The Morgan fingerprint density at radius 2 is 1.84 bits per heavy atom. The van der Waals surface area contributed by atoms with Crippen LogP contribution in [0.15, 0.2) is 47.3 Å². The van der Waals surface area contributed by atoms with Gasteiger partial charge in [-0.2, -0.15) is 0 Å². The van der Waals surface area contributed by atoms with Crippen LogP contribution in [0.5, 0.6) is 5.75 Å². The van der Waals surface area contributed by atoms with Gasteiger partial charge in [-0.25, -0.2) is 13.2 Å². The van der Waals surface area contributed by atoms with Gasteiger partial charge in [0.2, 0.25) is 5.56 Å². The van der Waals surface area contributed by atoms with Crippen molar-refractivity contribution in [2.75, 3.05) is 11.9 Å². The van der Waals surface area contributed by atoms with E-state index in [0.29, 0.717) is 17.0 Å². The van der Waals surface area contributed by atoms with Crippen LogP contribution in [0.3, 0.4) is 0 Å². The van der Waals surface area contributed by atoms with Crippen molar-refractivity contribution in [3.05, 3.63) is 70.3 Å². The monoisotopic (exact) mass is 348 g/mol. The third-order valence-electron chi connectivity index (χ3n) is 3.39. The van der Waals surface area contributed by atoms with Crippen LogP contribution in [0.2, 0.25) is 0 Å². The Balaban J connectivity index is 1.74. The lowest BCUT2D eigenvalue weighted by Gasteiger charge is -2.10. The number of fused-ring (bicyclic) bond motifs is 1. The average molecular weight is 348 g/mol. The first kappa shape index (κ1) is 16.6. The minimum Gasteiger partial charge on any atom is -0.482 e. The van der Waals surface area contributed by atoms with Crippen LogP contribution in [0, 0.1) is 17.5 Å². The lowest BCUT2D eigenvalue weighted by atomic mass is 10.2. The van der Waals surface area contributed by atoms with E-state index in [-0.39, 0.29) is 11.3 Å². The summed E-state index contributed by atoms with van der Waals surface area (Å²) in [7, 11) is 0. The first-order chi connectivity index (χ1) is 12.0. The number of hydrogen-bond acceptors (Lipinski definition) is 3. The second-order valence-electron chi connectivity index (χ2n) is 5.10. The number of nitrogens with one attached hydrogen (secondary N) is 2. The molecule has 1 heterocycles. The van der Waals surface area contributed by atoms with E-state index in [1.165, 1.54) is 6.07 Å². The molecule has 1 aromatic heterocycles. The van der Waals surface area contributed by atoms with Crippen molar-refractivity contribution >= 4 is 22.5 Å². The third kappa shape index (κ3) is 3.47. The van der Waals surface area contributed by atoms with Gasteiger partial charge in [-0.1, -0.05) is 12.1 Å². The standard InChI is InChI=1S/C17H11F3N2O3/c18-10-5-6-11(16(20)15(10)19)21-14(24)8-25-12-3-1-2-9-4-7-13(23)22-17(9)12/h1-7H,8H2,(H,21,24)(H,22,23). The molecule has 8 heteroatoms. The number of aromatic nitrogens is 1. The van der Waals surface area contributed by atoms with E-state index >= 15 is 0 Å². The summed E-state index contributed by atoms with van der Waals surface area (Å²) in [6.45, 7) is -0.519. The molecule has 0 atom stereocenters. The SMILES string of the molecule is O=C(COc1cccc2ccc(=O)[nH]c12)Nc1ccc(F)c(F)c1F. The zero-order valence-electron chi connectivity index (χ0n) is 12.6. The molecule has 0 saturated heterocycles. The molecular formula is C17H11F3N2O3. The number of ether oxygens (including phenoxy) is 1. The summed E-state index contributed by atoms with van der Waals surface area (Å²) in [4.78, 5) is 25.9. The minimum absolute atomic E-state index is 0.246. The third-order valence-corrected chi connectivity index (χ3v) is 3.39. The number of rotatable bonds is 4. The summed E-state index contributed by atoms with van der Waals surface area (Å²) in [5.74, 6) is -5.06. The van der Waals surface area contributed by atoms with E-state index in [1.807, 2.05) is 0 Å². The number of H-pyrrole nitrogens is 1. The van der Waals surface area contributed by atoms with Crippen molar-refractivity contribution < 1.29 is 22.7 Å². The second-order valence-corrected chi connectivity index (χ2v) is 5.10. The fourth-order valence-electron chi connectivity index (χ4n) is 2.22. The molecule has 0 bridgehead atoms. The fourth-order valence-corrected chi connectivity index (χ4v) is 2.22. The highest BCUT2D eigenvalue weighted by Gasteiger charge is 2.15. The summed E-state index contributed by atoms with van der Waals surface area (Å²) in [6.07, 6.45) is 0. The van der Waals surface area contributed by atoms with Gasteiger partial charge >= 0.3 is 0 Å². The molecule has 0 aliphatic rings. The molecule has 0 aliphatic carbocycles. The molecule has 0 unspecified atom stereocenters. The molecule has 0 saturated carbocycles. The highest BCUT2D eigenvalue weighted by molar-refractivity contribution is 5.92. The summed E-state index contributed by atoms with van der Waals surface area (Å²) < 4.78 is 44.9. The van der Waals surface area contributed by atoms with Crippen molar-refractivity contribution in [2.24, 2.45) is 0 Å². The van der Waals surface area contributed by atoms with E-state index in [4.69, 9.17) is 4.74 Å². The first-order valence-electron chi connectivity index (χ1n) is 7.14. The zero-order valence-corrected chi connectivity index (χ0v) is 12.6. The predicted octanol–water partition coefficient (Wildman–Crippen LogP) is 2.96. The molecule has 0 spiro atoms. The number of anilines is 1. The van der Waals surface area contributed by atoms with E-state index < -0.39 is 35.7 Å².